The number of nitrogens with zero attached hydrogens (tertiary/aromatic N) is 3. The minimum atomic E-state index is -0.365. The Bertz CT molecular complexity index is 980. The molecule has 0 unspecified atom stereocenters. The molecule has 2 saturated heterocycles. The highest BCUT2D eigenvalue weighted by Crippen LogP contribution is 2.59. The Balaban J connectivity index is 1.48. The van der Waals surface area contributed by atoms with Crippen LogP contribution < -0.4 is 0 Å². The highest BCUT2D eigenvalue weighted by molar-refractivity contribution is 5.68. The maximum atomic E-state index is 13.5. The molecule has 0 aromatic carbocycles. The summed E-state index contributed by atoms with van der Waals surface area (Å²) in [5.74, 6) is 0.699. The normalized spacial score (nSPS) is 33.5. The molecule has 0 N–H and O–H groups in total. The van der Waals surface area contributed by atoms with Crippen molar-refractivity contribution in [3.63, 3.8) is 0 Å². The van der Waals surface area contributed by atoms with E-state index in [1.54, 1.807) is 12.0 Å². The fourth-order valence-electron chi connectivity index (χ4n) is 6.44. The number of aromatic nitrogens is 2. The van der Waals surface area contributed by atoms with E-state index in [1.165, 1.54) is 5.57 Å². The smallest absolute Gasteiger partial charge is 0.410 e. The summed E-state index contributed by atoms with van der Waals surface area (Å²) in [7, 11) is 3.52. The molecular formula is C29H47N3O5. The SMILES string of the molecule is CO[C@@H]1[C@H](OC(=O)N(C)[C@H](c2cn(CC(C)C)cn2)C(C)C)CC[C@]2(CO2)[C@H]1[C@@]1(C)O[C@@H]1CC=C(C)C. The van der Waals surface area contributed by atoms with Crippen LogP contribution in [0, 0.1) is 17.8 Å². The topological polar surface area (TPSA) is 81.7 Å². The summed E-state index contributed by atoms with van der Waals surface area (Å²) in [6.07, 6.45) is 7.65. The molecule has 4 rings (SSSR count). The van der Waals surface area contributed by atoms with Gasteiger partial charge in [-0.25, -0.2) is 9.78 Å². The number of hydrogen-bond acceptors (Lipinski definition) is 6. The van der Waals surface area contributed by atoms with E-state index in [2.05, 4.69) is 70.3 Å². The van der Waals surface area contributed by atoms with Crippen LogP contribution in [0.2, 0.25) is 0 Å². The van der Waals surface area contributed by atoms with Crippen molar-refractivity contribution >= 4 is 6.09 Å². The lowest BCUT2D eigenvalue weighted by atomic mass is 9.68. The molecule has 3 aliphatic rings. The highest BCUT2D eigenvalue weighted by Gasteiger charge is 2.72. The van der Waals surface area contributed by atoms with Gasteiger partial charge in [0, 0.05) is 26.9 Å². The average molecular weight is 518 g/mol. The van der Waals surface area contributed by atoms with Crippen LogP contribution in [0.1, 0.15) is 79.5 Å². The number of hydrogen-bond donors (Lipinski definition) is 0. The Morgan fingerprint density at radius 2 is 2.03 bits per heavy atom. The third kappa shape index (κ3) is 5.76. The van der Waals surface area contributed by atoms with Gasteiger partial charge >= 0.3 is 6.09 Å². The van der Waals surface area contributed by atoms with E-state index in [9.17, 15) is 4.79 Å². The lowest BCUT2D eigenvalue weighted by Gasteiger charge is -2.43. The molecule has 1 spiro atoms. The minimum Gasteiger partial charge on any atom is -0.443 e. The Morgan fingerprint density at radius 3 is 2.59 bits per heavy atom. The van der Waals surface area contributed by atoms with E-state index < -0.39 is 0 Å². The summed E-state index contributed by atoms with van der Waals surface area (Å²) in [5, 5.41) is 0. The monoisotopic (exact) mass is 517 g/mol. The molecule has 1 aliphatic carbocycles. The Labute approximate surface area is 222 Å². The number of ether oxygens (including phenoxy) is 4. The maximum Gasteiger partial charge on any atom is 0.410 e. The number of allylic oxidation sites excluding steroid dienone is 1. The van der Waals surface area contributed by atoms with Gasteiger partial charge in [0.15, 0.2) is 0 Å². The van der Waals surface area contributed by atoms with Gasteiger partial charge in [-0.3, -0.25) is 0 Å². The second-order valence-corrected chi connectivity index (χ2v) is 12.5. The summed E-state index contributed by atoms with van der Waals surface area (Å²) in [6, 6.07) is -0.183. The molecule has 0 radical (unpaired) electrons. The van der Waals surface area contributed by atoms with Crippen molar-refractivity contribution in [3.8, 4) is 0 Å². The summed E-state index contributed by atoms with van der Waals surface area (Å²) in [4.78, 5) is 19.8. The van der Waals surface area contributed by atoms with Crippen molar-refractivity contribution in [2.45, 2.75) is 110 Å². The first-order chi connectivity index (χ1) is 17.4. The molecule has 1 saturated carbocycles. The van der Waals surface area contributed by atoms with Gasteiger partial charge in [-0.05, 0) is 51.9 Å². The van der Waals surface area contributed by atoms with Gasteiger partial charge in [0.1, 0.15) is 23.4 Å². The molecule has 8 heteroatoms. The number of methoxy groups -OCH3 is 1. The van der Waals surface area contributed by atoms with Gasteiger partial charge in [0.2, 0.25) is 0 Å². The molecular weight excluding hydrogens is 470 g/mol. The molecule has 37 heavy (non-hydrogen) atoms. The van der Waals surface area contributed by atoms with E-state index in [0.29, 0.717) is 18.9 Å². The van der Waals surface area contributed by atoms with Gasteiger partial charge in [0.25, 0.3) is 0 Å². The quantitative estimate of drug-likeness (QED) is 0.306. The summed E-state index contributed by atoms with van der Waals surface area (Å²) in [6.45, 7) is 16.6. The van der Waals surface area contributed by atoms with Crippen molar-refractivity contribution in [2.75, 3.05) is 20.8 Å². The molecule has 1 aromatic rings. The third-order valence-corrected chi connectivity index (χ3v) is 8.36. The summed E-state index contributed by atoms with van der Waals surface area (Å²) >= 11 is 0. The van der Waals surface area contributed by atoms with Crippen LogP contribution in [0.3, 0.4) is 0 Å². The van der Waals surface area contributed by atoms with Gasteiger partial charge in [-0.15, -0.1) is 0 Å². The van der Waals surface area contributed by atoms with E-state index in [-0.39, 0.29) is 53.5 Å². The first-order valence-corrected chi connectivity index (χ1v) is 13.8. The van der Waals surface area contributed by atoms with Crippen LogP contribution in [0.25, 0.3) is 0 Å². The Morgan fingerprint density at radius 1 is 1.32 bits per heavy atom. The summed E-state index contributed by atoms with van der Waals surface area (Å²) in [5.41, 5.74) is 1.56. The van der Waals surface area contributed by atoms with Crippen molar-refractivity contribution in [2.24, 2.45) is 17.8 Å². The predicted molar refractivity (Wildman–Crippen MR) is 142 cm³/mol. The molecule has 8 nitrogen and oxygen atoms in total. The van der Waals surface area contributed by atoms with Crippen molar-refractivity contribution < 1.29 is 23.7 Å². The molecule has 2 aliphatic heterocycles. The van der Waals surface area contributed by atoms with E-state index in [0.717, 1.165) is 25.1 Å². The number of imidazole rings is 1. The lowest BCUT2D eigenvalue weighted by Crippen LogP contribution is -2.56. The second kappa shape index (κ2) is 10.7. The van der Waals surface area contributed by atoms with E-state index >= 15 is 0 Å². The van der Waals surface area contributed by atoms with Crippen LogP contribution in [0.4, 0.5) is 4.79 Å². The van der Waals surface area contributed by atoms with Gasteiger partial charge in [-0.1, -0.05) is 39.3 Å². The van der Waals surface area contributed by atoms with Crippen molar-refractivity contribution in [1.82, 2.24) is 14.5 Å². The zero-order valence-corrected chi connectivity index (χ0v) is 24.2. The van der Waals surface area contributed by atoms with Crippen molar-refractivity contribution in [3.05, 3.63) is 29.9 Å². The van der Waals surface area contributed by atoms with Crippen LogP contribution >= 0.6 is 0 Å². The molecule has 3 fully saturated rings. The zero-order valence-electron chi connectivity index (χ0n) is 24.2. The largest absolute Gasteiger partial charge is 0.443 e. The fourth-order valence-corrected chi connectivity index (χ4v) is 6.44. The Kier molecular flexibility index (Phi) is 8.13. The average Bonchev–Trinajstić information content (AvgIpc) is 3.68. The van der Waals surface area contributed by atoms with Crippen LogP contribution in [0.15, 0.2) is 24.2 Å². The summed E-state index contributed by atoms with van der Waals surface area (Å²) < 4.78 is 26.7. The molecule has 1 aromatic heterocycles. The molecule has 1 amide bonds. The fraction of sp³-hybridized carbons (Fsp3) is 0.793. The molecule has 0 bridgehead atoms. The molecule has 7 atom stereocenters. The van der Waals surface area contributed by atoms with Crippen molar-refractivity contribution in [1.29, 1.82) is 0 Å². The maximum absolute atomic E-state index is 13.5. The van der Waals surface area contributed by atoms with Gasteiger partial charge in [0.05, 0.1) is 36.7 Å². The van der Waals surface area contributed by atoms with Crippen LogP contribution in [0.5, 0.6) is 0 Å². The first-order valence-electron chi connectivity index (χ1n) is 13.8. The molecule has 3 heterocycles. The standard InChI is InChI=1S/C29H47N3O5/c1-18(2)10-11-23-28(7,37-23)26-25(34-9)22(12-13-29(26)16-35-29)36-27(33)31(8)24(20(5)6)21-15-32(17-30-21)14-19(3)4/h10,15,17,19-20,22-26H,11-14,16H2,1-9H3/t22-,23-,24+,25-,26-,28+,29+/m1/s1. The Hall–Kier alpha value is -1.90. The van der Waals surface area contributed by atoms with E-state index in [1.807, 2.05) is 13.4 Å². The lowest BCUT2D eigenvalue weighted by molar-refractivity contribution is -0.122. The number of amides is 1. The second-order valence-electron chi connectivity index (χ2n) is 12.5. The number of carbonyl (C=O) groups is 1. The van der Waals surface area contributed by atoms with Gasteiger partial charge in [-0.2, -0.15) is 0 Å². The predicted octanol–water partition coefficient (Wildman–Crippen LogP) is 5.38. The minimum absolute atomic E-state index is 0.00467. The van der Waals surface area contributed by atoms with Gasteiger partial charge < -0.3 is 28.4 Å². The highest BCUT2D eigenvalue weighted by atomic mass is 16.6. The number of rotatable bonds is 10. The van der Waals surface area contributed by atoms with E-state index in [4.69, 9.17) is 18.9 Å². The zero-order chi connectivity index (χ0) is 27.1. The van der Waals surface area contributed by atoms with Crippen LogP contribution in [-0.2, 0) is 25.5 Å². The van der Waals surface area contributed by atoms with Crippen LogP contribution in [-0.4, -0.2) is 70.8 Å². The third-order valence-electron chi connectivity index (χ3n) is 8.36. The molecule has 208 valence electrons. The number of carbonyl (C=O) groups excluding carboxylic acids is 1. The first kappa shape index (κ1) is 28.1. The number of epoxide rings is 2.